The molecule has 4 nitrogen and oxygen atoms in total. The van der Waals surface area contributed by atoms with Gasteiger partial charge in [0.2, 0.25) is 0 Å². The second-order valence-electron chi connectivity index (χ2n) is 4.17. The van der Waals surface area contributed by atoms with Gasteiger partial charge in [-0.2, -0.15) is 0 Å². The number of hydrogen-bond acceptors (Lipinski definition) is 4. The third-order valence-electron chi connectivity index (χ3n) is 2.16. The van der Waals surface area contributed by atoms with Crippen LogP contribution in [0.2, 0.25) is 0 Å². The van der Waals surface area contributed by atoms with Crippen LogP contribution in [0, 0.1) is 6.92 Å². The largest absolute Gasteiger partial charge is 0.490 e. The zero-order valence-corrected chi connectivity index (χ0v) is 10.1. The molecule has 0 aliphatic carbocycles. The number of nitrogens with one attached hydrogen (secondary N) is 1. The number of aromatic nitrogens is 1. The molecular formula is C12H20N2O2. The predicted octanol–water partition coefficient (Wildman–Crippen LogP) is 1.13. The van der Waals surface area contributed by atoms with E-state index < -0.39 is 6.10 Å². The molecule has 0 saturated carbocycles. The molecule has 1 rings (SSSR count). The van der Waals surface area contributed by atoms with Crippen molar-refractivity contribution in [1.29, 1.82) is 0 Å². The minimum atomic E-state index is -0.491. The average Bonchev–Trinajstić information content (AvgIpc) is 2.25. The summed E-state index contributed by atoms with van der Waals surface area (Å²) in [5.74, 6) is 0.776. The predicted molar refractivity (Wildman–Crippen MR) is 63.6 cm³/mol. The Kier molecular flexibility index (Phi) is 5.22. The fourth-order valence-corrected chi connectivity index (χ4v) is 1.24. The van der Waals surface area contributed by atoms with Gasteiger partial charge in [-0.05, 0) is 13.0 Å². The highest BCUT2D eigenvalue weighted by atomic mass is 16.5. The summed E-state index contributed by atoms with van der Waals surface area (Å²) >= 11 is 0. The van der Waals surface area contributed by atoms with Crippen molar-refractivity contribution in [2.45, 2.75) is 32.9 Å². The second kappa shape index (κ2) is 6.45. The van der Waals surface area contributed by atoms with E-state index in [0.29, 0.717) is 19.2 Å². The molecule has 1 heterocycles. The molecule has 0 radical (unpaired) electrons. The Morgan fingerprint density at radius 1 is 1.50 bits per heavy atom. The van der Waals surface area contributed by atoms with Crippen LogP contribution in [0.4, 0.5) is 0 Å². The standard InChI is InChI=1S/C12H20N2O2/c1-9(2)14-7-11(15)8-16-12-4-5-13-6-10(12)3/h4-6,9,11,14-15H,7-8H2,1-3H3. The van der Waals surface area contributed by atoms with Gasteiger partial charge in [0.05, 0.1) is 0 Å². The number of ether oxygens (including phenoxy) is 1. The Morgan fingerprint density at radius 3 is 2.88 bits per heavy atom. The lowest BCUT2D eigenvalue weighted by Gasteiger charge is -2.15. The van der Waals surface area contributed by atoms with E-state index in [4.69, 9.17) is 4.74 Å². The van der Waals surface area contributed by atoms with Crippen LogP contribution < -0.4 is 10.1 Å². The second-order valence-corrected chi connectivity index (χ2v) is 4.17. The molecule has 0 aromatic carbocycles. The number of aryl methyl sites for hydroxylation is 1. The molecule has 0 bridgehead atoms. The summed E-state index contributed by atoms with van der Waals surface area (Å²) in [4.78, 5) is 3.98. The number of nitrogens with zero attached hydrogens (tertiary/aromatic N) is 1. The van der Waals surface area contributed by atoms with Crippen molar-refractivity contribution in [3.8, 4) is 5.75 Å². The van der Waals surface area contributed by atoms with Crippen molar-refractivity contribution < 1.29 is 9.84 Å². The molecule has 0 fully saturated rings. The molecule has 90 valence electrons. The van der Waals surface area contributed by atoms with Gasteiger partial charge in [-0.3, -0.25) is 4.98 Å². The number of aliphatic hydroxyl groups is 1. The van der Waals surface area contributed by atoms with Gasteiger partial charge in [0.1, 0.15) is 18.5 Å². The minimum Gasteiger partial charge on any atom is -0.490 e. The van der Waals surface area contributed by atoms with E-state index in [0.717, 1.165) is 11.3 Å². The highest BCUT2D eigenvalue weighted by molar-refractivity contribution is 5.28. The van der Waals surface area contributed by atoms with Crippen LogP contribution in [-0.4, -0.2) is 35.4 Å². The monoisotopic (exact) mass is 224 g/mol. The van der Waals surface area contributed by atoms with Crippen LogP contribution in [0.5, 0.6) is 5.75 Å². The van der Waals surface area contributed by atoms with Gasteiger partial charge in [0.15, 0.2) is 0 Å². The summed E-state index contributed by atoms with van der Waals surface area (Å²) in [6.07, 6.45) is 2.93. The Labute approximate surface area is 96.7 Å². The highest BCUT2D eigenvalue weighted by Crippen LogP contribution is 2.14. The molecule has 1 aromatic rings. The summed E-state index contributed by atoms with van der Waals surface area (Å²) in [6, 6.07) is 2.18. The molecule has 4 heteroatoms. The Morgan fingerprint density at radius 2 is 2.25 bits per heavy atom. The van der Waals surface area contributed by atoms with E-state index in [2.05, 4.69) is 10.3 Å². The minimum absolute atomic E-state index is 0.296. The first kappa shape index (κ1) is 12.9. The van der Waals surface area contributed by atoms with Crippen LogP contribution in [0.1, 0.15) is 19.4 Å². The Balaban J connectivity index is 2.31. The molecule has 0 saturated heterocycles. The lowest BCUT2D eigenvalue weighted by Crippen LogP contribution is -2.35. The lowest BCUT2D eigenvalue weighted by atomic mass is 10.3. The summed E-state index contributed by atoms with van der Waals surface area (Å²) in [7, 11) is 0. The van der Waals surface area contributed by atoms with E-state index in [-0.39, 0.29) is 0 Å². The first-order valence-electron chi connectivity index (χ1n) is 5.54. The third kappa shape index (κ3) is 4.59. The van der Waals surface area contributed by atoms with E-state index in [9.17, 15) is 5.11 Å². The zero-order chi connectivity index (χ0) is 12.0. The van der Waals surface area contributed by atoms with Crippen molar-refractivity contribution >= 4 is 0 Å². The Hall–Kier alpha value is -1.13. The van der Waals surface area contributed by atoms with Crippen molar-refractivity contribution in [2.75, 3.05) is 13.2 Å². The summed E-state index contributed by atoms with van der Waals surface area (Å²) in [6.45, 7) is 6.86. The van der Waals surface area contributed by atoms with Gasteiger partial charge in [-0.15, -0.1) is 0 Å². The summed E-state index contributed by atoms with van der Waals surface area (Å²) in [5.41, 5.74) is 0.978. The molecule has 16 heavy (non-hydrogen) atoms. The number of pyridine rings is 1. The first-order valence-corrected chi connectivity index (χ1v) is 5.54. The maximum Gasteiger partial charge on any atom is 0.125 e. The van der Waals surface area contributed by atoms with Crippen LogP contribution in [-0.2, 0) is 0 Å². The molecular weight excluding hydrogens is 204 g/mol. The van der Waals surface area contributed by atoms with Gasteiger partial charge in [0.25, 0.3) is 0 Å². The maximum absolute atomic E-state index is 9.65. The molecule has 0 aliphatic rings. The lowest BCUT2D eigenvalue weighted by molar-refractivity contribution is 0.104. The maximum atomic E-state index is 9.65. The molecule has 1 aromatic heterocycles. The van der Waals surface area contributed by atoms with Crippen molar-refractivity contribution in [1.82, 2.24) is 10.3 Å². The van der Waals surface area contributed by atoms with Crippen molar-refractivity contribution in [2.24, 2.45) is 0 Å². The van der Waals surface area contributed by atoms with E-state index in [1.54, 1.807) is 18.5 Å². The highest BCUT2D eigenvalue weighted by Gasteiger charge is 2.06. The van der Waals surface area contributed by atoms with Crippen molar-refractivity contribution in [3.63, 3.8) is 0 Å². The van der Waals surface area contributed by atoms with E-state index in [1.807, 2.05) is 20.8 Å². The molecule has 0 spiro atoms. The summed E-state index contributed by atoms with van der Waals surface area (Å²) in [5, 5.41) is 12.8. The third-order valence-corrected chi connectivity index (χ3v) is 2.16. The first-order chi connectivity index (χ1) is 7.59. The van der Waals surface area contributed by atoms with Crippen LogP contribution >= 0.6 is 0 Å². The topological polar surface area (TPSA) is 54.4 Å². The Bertz CT molecular complexity index is 316. The smallest absolute Gasteiger partial charge is 0.125 e. The SMILES string of the molecule is Cc1cnccc1OCC(O)CNC(C)C. The molecule has 1 atom stereocenters. The fourth-order valence-electron chi connectivity index (χ4n) is 1.24. The zero-order valence-electron chi connectivity index (χ0n) is 10.1. The molecule has 1 unspecified atom stereocenters. The van der Waals surface area contributed by atoms with Gasteiger partial charge >= 0.3 is 0 Å². The van der Waals surface area contributed by atoms with Crippen molar-refractivity contribution in [3.05, 3.63) is 24.0 Å². The van der Waals surface area contributed by atoms with E-state index in [1.165, 1.54) is 0 Å². The molecule has 0 amide bonds. The van der Waals surface area contributed by atoms with E-state index >= 15 is 0 Å². The molecule has 2 N–H and O–H groups in total. The van der Waals surface area contributed by atoms with Crippen LogP contribution in [0.25, 0.3) is 0 Å². The molecule has 0 aliphatic heterocycles. The van der Waals surface area contributed by atoms with Crippen LogP contribution in [0.3, 0.4) is 0 Å². The van der Waals surface area contributed by atoms with Gasteiger partial charge in [-0.1, -0.05) is 13.8 Å². The number of rotatable bonds is 6. The van der Waals surface area contributed by atoms with Gasteiger partial charge in [-0.25, -0.2) is 0 Å². The summed E-state index contributed by atoms with van der Waals surface area (Å²) < 4.78 is 5.50. The number of aliphatic hydroxyl groups excluding tert-OH is 1. The quantitative estimate of drug-likeness (QED) is 0.760. The van der Waals surface area contributed by atoms with Gasteiger partial charge < -0.3 is 15.2 Å². The fraction of sp³-hybridized carbons (Fsp3) is 0.583. The normalized spacial score (nSPS) is 12.8. The van der Waals surface area contributed by atoms with Gasteiger partial charge in [0, 0.05) is 30.5 Å². The average molecular weight is 224 g/mol. The van der Waals surface area contributed by atoms with Crippen LogP contribution in [0.15, 0.2) is 18.5 Å². The number of hydrogen-bond donors (Lipinski definition) is 2.